The van der Waals surface area contributed by atoms with E-state index in [0.29, 0.717) is 22.9 Å². The minimum absolute atomic E-state index is 0.560. The van der Waals surface area contributed by atoms with Crippen LogP contribution in [-0.2, 0) is 4.74 Å². The second-order valence-electron chi connectivity index (χ2n) is 6.85. The Morgan fingerprint density at radius 2 is 1.82 bits per heavy atom. The van der Waals surface area contributed by atoms with Crippen LogP contribution < -0.4 is 10.6 Å². The molecule has 146 valence electrons. The molecule has 0 unspecified atom stereocenters. The molecule has 0 radical (unpaired) electrons. The van der Waals surface area contributed by atoms with Gasteiger partial charge in [-0.3, -0.25) is 4.90 Å². The molecule has 3 aromatic rings. The molecule has 0 atom stereocenters. The number of nitrogens with one attached hydrogen (secondary N) is 2. The summed E-state index contributed by atoms with van der Waals surface area (Å²) < 4.78 is 5.39. The molecule has 8 nitrogen and oxygen atoms in total. The molecule has 2 N–H and O–H groups in total. The predicted octanol–water partition coefficient (Wildman–Crippen LogP) is 2.61. The van der Waals surface area contributed by atoms with Gasteiger partial charge in [-0.05, 0) is 32.0 Å². The Labute approximate surface area is 164 Å². The summed E-state index contributed by atoms with van der Waals surface area (Å²) in [6.07, 6.45) is 4.32. The van der Waals surface area contributed by atoms with Gasteiger partial charge in [0, 0.05) is 37.7 Å². The third-order valence-corrected chi connectivity index (χ3v) is 4.68. The lowest BCUT2D eigenvalue weighted by atomic mass is 10.2. The maximum absolute atomic E-state index is 5.39. The summed E-state index contributed by atoms with van der Waals surface area (Å²) in [4.78, 5) is 20.3. The quantitative estimate of drug-likeness (QED) is 0.606. The number of rotatable bonds is 7. The van der Waals surface area contributed by atoms with Crippen molar-refractivity contribution >= 4 is 28.6 Å². The average molecular weight is 379 g/mol. The van der Waals surface area contributed by atoms with E-state index in [1.54, 1.807) is 12.4 Å². The highest BCUT2D eigenvalue weighted by molar-refractivity contribution is 5.85. The molecule has 0 amide bonds. The van der Waals surface area contributed by atoms with Crippen LogP contribution in [0.4, 0.5) is 17.5 Å². The molecule has 1 aliphatic heterocycles. The average Bonchev–Trinajstić information content (AvgIpc) is 2.74. The van der Waals surface area contributed by atoms with Gasteiger partial charge in [-0.25, -0.2) is 9.97 Å². The van der Waals surface area contributed by atoms with Crippen LogP contribution in [0.5, 0.6) is 0 Å². The summed E-state index contributed by atoms with van der Waals surface area (Å²) in [5, 5.41) is 6.66. The molecule has 28 heavy (non-hydrogen) atoms. The first-order valence-electron chi connectivity index (χ1n) is 9.64. The van der Waals surface area contributed by atoms with Gasteiger partial charge < -0.3 is 15.4 Å². The Balaban J connectivity index is 1.45. The number of aryl methyl sites for hydroxylation is 1. The summed E-state index contributed by atoms with van der Waals surface area (Å²) in [6.45, 7) is 7.57. The van der Waals surface area contributed by atoms with Crippen molar-refractivity contribution in [3.63, 3.8) is 0 Å². The molecular weight excluding hydrogens is 354 g/mol. The van der Waals surface area contributed by atoms with Gasteiger partial charge in [-0.1, -0.05) is 17.7 Å². The van der Waals surface area contributed by atoms with Crippen molar-refractivity contribution in [2.24, 2.45) is 0 Å². The highest BCUT2D eigenvalue weighted by Gasteiger charge is 2.12. The summed E-state index contributed by atoms with van der Waals surface area (Å²) >= 11 is 0. The lowest BCUT2D eigenvalue weighted by Crippen LogP contribution is -2.37. The third-order valence-electron chi connectivity index (χ3n) is 4.68. The van der Waals surface area contributed by atoms with E-state index in [1.165, 1.54) is 5.56 Å². The Morgan fingerprint density at radius 1 is 1.04 bits per heavy atom. The minimum atomic E-state index is 0.560. The molecule has 1 saturated heterocycles. The van der Waals surface area contributed by atoms with Crippen molar-refractivity contribution in [2.75, 3.05) is 50.0 Å². The Kier molecular flexibility index (Phi) is 5.89. The highest BCUT2D eigenvalue weighted by atomic mass is 16.5. The fraction of sp³-hybridized carbons (Fsp3) is 0.400. The zero-order valence-corrected chi connectivity index (χ0v) is 16.1. The molecule has 1 aliphatic rings. The van der Waals surface area contributed by atoms with Crippen LogP contribution in [0, 0.1) is 6.92 Å². The van der Waals surface area contributed by atoms with E-state index in [0.717, 1.165) is 51.5 Å². The number of ether oxygens (including phenoxy) is 1. The first-order chi connectivity index (χ1) is 13.8. The van der Waals surface area contributed by atoms with Crippen LogP contribution in [0.15, 0.2) is 36.7 Å². The molecule has 1 aromatic carbocycles. The lowest BCUT2D eigenvalue weighted by molar-refractivity contribution is 0.0378. The number of benzene rings is 1. The third kappa shape index (κ3) is 4.71. The molecule has 4 rings (SSSR count). The molecule has 0 saturated carbocycles. The highest BCUT2D eigenvalue weighted by Crippen LogP contribution is 2.22. The molecule has 2 aromatic heterocycles. The van der Waals surface area contributed by atoms with E-state index in [-0.39, 0.29) is 0 Å². The number of hydrogen-bond acceptors (Lipinski definition) is 8. The summed E-state index contributed by atoms with van der Waals surface area (Å²) in [6, 6.07) is 8.16. The Bertz CT molecular complexity index is 910. The SMILES string of the molecule is Cc1ccc(Nc2nc(NCCCN3CCOCC3)nc3nccnc23)cc1. The lowest BCUT2D eigenvalue weighted by Gasteiger charge is -2.26. The number of morpholine rings is 1. The van der Waals surface area contributed by atoms with Gasteiger partial charge in [-0.2, -0.15) is 9.97 Å². The van der Waals surface area contributed by atoms with E-state index >= 15 is 0 Å². The van der Waals surface area contributed by atoms with Crippen LogP contribution >= 0.6 is 0 Å². The zero-order valence-electron chi connectivity index (χ0n) is 16.1. The monoisotopic (exact) mass is 379 g/mol. The maximum atomic E-state index is 5.39. The minimum Gasteiger partial charge on any atom is -0.379 e. The number of anilines is 3. The standard InChI is InChI=1S/C20H25N7O/c1-15-3-5-16(6-4-15)24-19-17-18(22-9-8-21-17)25-20(26-19)23-7-2-10-27-11-13-28-14-12-27/h3-6,8-9H,2,7,10-14H2,1H3,(H2,22,23,24,25,26). The first-order valence-corrected chi connectivity index (χ1v) is 9.64. The molecule has 0 spiro atoms. The summed E-state index contributed by atoms with van der Waals surface area (Å²) in [5.41, 5.74) is 3.39. The smallest absolute Gasteiger partial charge is 0.226 e. The summed E-state index contributed by atoms with van der Waals surface area (Å²) in [5.74, 6) is 1.21. The van der Waals surface area contributed by atoms with Gasteiger partial charge in [0.15, 0.2) is 17.0 Å². The van der Waals surface area contributed by atoms with E-state index in [1.807, 2.05) is 12.1 Å². The van der Waals surface area contributed by atoms with Crippen molar-refractivity contribution in [2.45, 2.75) is 13.3 Å². The zero-order chi connectivity index (χ0) is 19.2. The van der Waals surface area contributed by atoms with Crippen LogP contribution in [0.25, 0.3) is 11.2 Å². The van der Waals surface area contributed by atoms with Crippen LogP contribution in [0.3, 0.4) is 0 Å². The van der Waals surface area contributed by atoms with Crippen molar-refractivity contribution in [3.05, 3.63) is 42.2 Å². The largest absolute Gasteiger partial charge is 0.379 e. The Hall–Kier alpha value is -2.84. The van der Waals surface area contributed by atoms with Gasteiger partial charge in [0.05, 0.1) is 13.2 Å². The first kappa shape index (κ1) is 18.5. The number of nitrogens with zero attached hydrogens (tertiary/aromatic N) is 5. The molecule has 3 heterocycles. The molecule has 0 aliphatic carbocycles. The van der Waals surface area contributed by atoms with Crippen LogP contribution in [-0.4, -0.2) is 64.2 Å². The maximum Gasteiger partial charge on any atom is 0.226 e. The Morgan fingerprint density at radius 3 is 2.64 bits per heavy atom. The normalized spacial score (nSPS) is 14.9. The van der Waals surface area contributed by atoms with E-state index in [4.69, 9.17) is 4.74 Å². The van der Waals surface area contributed by atoms with Crippen molar-refractivity contribution in [1.82, 2.24) is 24.8 Å². The van der Waals surface area contributed by atoms with Gasteiger partial charge in [0.1, 0.15) is 0 Å². The van der Waals surface area contributed by atoms with Gasteiger partial charge in [0.2, 0.25) is 5.95 Å². The number of fused-ring (bicyclic) bond motifs is 1. The van der Waals surface area contributed by atoms with Crippen LogP contribution in [0.2, 0.25) is 0 Å². The predicted molar refractivity (Wildman–Crippen MR) is 110 cm³/mol. The molecule has 8 heteroatoms. The van der Waals surface area contributed by atoms with E-state index in [2.05, 4.69) is 54.5 Å². The van der Waals surface area contributed by atoms with Gasteiger partial charge in [-0.15, -0.1) is 0 Å². The number of aromatic nitrogens is 4. The second kappa shape index (κ2) is 8.90. The van der Waals surface area contributed by atoms with Crippen molar-refractivity contribution in [3.8, 4) is 0 Å². The summed E-state index contributed by atoms with van der Waals surface area (Å²) in [7, 11) is 0. The second-order valence-corrected chi connectivity index (χ2v) is 6.85. The molecular formula is C20H25N7O. The molecule has 1 fully saturated rings. The molecule has 0 bridgehead atoms. The topological polar surface area (TPSA) is 88.1 Å². The van der Waals surface area contributed by atoms with Gasteiger partial charge in [0.25, 0.3) is 0 Å². The van der Waals surface area contributed by atoms with Crippen LogP contribution in [0.1, 0.15) is 12.0 Å². The fourth-order valence-corrected chi connectivity index (χ4v) is 3.13. The van der Waals surface area contributed by atoms with E-state index in [9.17, 15) is 0 Å². The van der Waals surface area contributed by atoms with Gasteiger partial charge >= 0.3 is 0 Å². The van der Waals surface area contributed by atoms with Crippen molar-refractivity contribution < 1.29 is 4.74 Å². The number of hydrogen-bond donors (Lipinski definition) is 2. The van der Waals surface area contributed by atoms with E-state index < -0.39 is 0 Å². The fourth-order valence-electron chi connectivity index (χ4n) is 3.13. The van der Waals surface area contributed by atoms with Crippen molar-refractivity contribution in [1.29, 1.82) is 0 Å².